The second-order valence-electron chi connectivity index (χ2n) is 17.0. The van der Waals surface area contributed by atoms with Crippen LogP contribution >= 0.6 is 0 Å². The average Bonchev–Trinajstić information content (AvgIpc) is 3.16. The van der Waals surface area contributed by atoms with Crippen molar-refractivity contribution in [3.8, 4) is 0 Å². The smallest absolute Gasteiger partial charge is 0.220 e. The summed E-state index contributed by atoms with van der Waals surface area (Å²) in [5.41, 5.74) is 0. The Hall–Kier alpha value is -0.650. The Morgan fingerprint density at radius 2 is 0.642 bits per heavy atom. The molecule has 53 heavy (non-hydrogen) atoms. The molecule has 0 saturated carbocycles. The molecule has 0 saturated heterocycles. The van der Waals surface area contributed by atoms with E-state index in [1.54, 1.807) is 0 Å². The number of nitrogens with one attached hydrogen (secondary N) is 1. The van der Waals surface area contributed by atoms with E-state index in [0.29, 0.717) is 12.8 Å². The highest BCUT2D eigenvalue weighted by Gasteiger charge is 2.26. The third kappa shape index (κ3) is 39.4. The number of hydrogen-bond donors (Lipinski definition) is 4. The van der Waals surface area contributed by atoms with Gasteiger partial charge in [0.15, 0.2) is 0 Å². The molecule has 5 heteroatoms. The molecule has 0 aromatic heterocycles. The van der Waals surface area contributed by atoms with Crippen molar-refractivity contribution in [2.75, 3.05) is 6.61 Å². The number of hydrogen-bond acceptors (Lipinski definition) is 4. The van der Waals surface area contributed by atoms with Gasteiger partial charge in [0.25, 0.3) is 0 Å². The molecule has 0 unspecified atom stereocenters. The fraction of sp³-hybridized carbons (Fsp3) is 0.979. The fourth-order valence-electron chi connectivity index (χ4n) is 7.93. The maximum absolute atomic E-state index is 12.4. The second kappa shape index (κ2) is 44.1. The zero-order chi connectivity index (χ0) is 38.7. The van der Waals surface area contributed by atoms with E-state index in [1.165, 1.54) is 212 Å². The minimum Gasteiger partial charge on any atom is -0.394 e. The first kappa shape index (κ1) is 52.3. The Bertz CT molecular complexity index is 703. The Labute approximate surface area is 332 Å². The van der Waals surface area contributed by atoms with E-state index in [-0.39, 0.29) is 12.5 Å². The van der Waals surface area contributed by atoms with E-state index in [2.05, 4.69) is 19.2 Å². The molecule has 0 aliphatic rings. The van der Waals surface area contributed by atoms with Gasteiger partial charge in [-0.3, -0.25) is 4.79 Å². The van der Waals surface area contributed by atoms with Crippen LogP contribution in [-0.4, -0.2) is 46.1 Å². The Morgan fingerprint density at radius 3 is 0.906 bits per heavy atom. The fourth-order valence-corrected chi connectivity index (χ4v) is 7.93. The summed E-state index contributed by atoms with van der Waals surface area (Å²) >= 11 is 0. The second-order valence-corrected chi connectivity index (χ2v) is 17.0. The maximum Gasteiger partial charge on any atom is 0.220 e. The van der Waals surface area contributed by atoms with Gasteiger partial charge in [-0.2, -0.15) is 0 Å². The van der Waals surface area contributed by atoms with Gasteiger partial charge in [-0.25, -0.2) is 0 Å². The van der Waals surface area contributed by atoms with Crippen LogP contribution in [-0.2, 0) is 4.79 Å². The van der Waals surface area contributed by atoms with E-state index in [4.69, 9.17) is 0 Å². The molecule has 0 radical (unpaired) electrons. The lowest BCUT2D eigenvalue weighted by Gasteiger charge is -2.26. The highest BCUT2D eigenvalue weighted by molar-refractivity contribution is 5.76. The number of carbonyl (C=O) groups excluding carboxylic acids is 1. The van der Waals surface area contributed by atoms with Crippen LogP contribution in [0.5, 0.6) is 0 Å². The van der Waals surface area contributed by atoms with Crippen molar-refractivity contribution in [3.05, 3.63) is 0 Å². The predicted molar refractivity (Wildman–Crippen MR) is 232 cm³/mol. The van der Waals surface area contributed by atoms with Crippen molar-refractivity contribution in [1.82, 2.24) is 5.32 Å². The number of aliphatic hydroxyl groups excluding tert-OH is 3. The van der Waals surface area contributed by atoms with Gasteiger partial charge >= 0.3 is 0 Å². The predicted octanol–water partition coefficient (Wildman–Crippen LogP) is 14.2. The van der Waals surface area contributed by atoms with E-state index < -0.39 is 18.2 Å². The van der Waals surface area contributed by atoms with E-state index in [9.17, 15) is 20.1 Å². The average molecular weight is 752 g/mol. The number of rotatable bonds is 45. The summed E-state index contributed by atoms with van der Waals surface area (Å²) in [5, 5.41) is 33.5. The van der Waals surface area contributed by atoms with E-state index in [0.717, 1.165) is 38.5 Å². The van der Waals surface area contributed by atoms with Crippen LogP contribution in [0.1, 0.15) is 277 Å². The third-order valence-corrected chi connectivity index (χ3v) is 11.7. The molecule has 0 fully saturated rings. The van der Waals surface area contributed by atoms with Crippen molar-refractivity contribution in [2.24, 2.45) is 0 Å². The molecule has 0 aromatic carbocycles. The summed E-state index contributed by atoms with van der Waals surface area (Å²) in [6.07, 6.45) is 51.1. The molecule has 0 aliphatic carbocycles. The summed E-state index contributed by atoms with van der Waals surface area (Å²) in [6, 6.07) is -0.802. The molecule has 0 spiro atoms. The van der Waals surface area contributed by atoms with Gasteiger partial charge in [-0.1, -0.05) is 258 Å². The SMILES string of the molecule is CCCCCCCCCCCCCCCCCCCCCCCCCCCCCCCC(=O)N[C@@H](CO)[C@H](O)[C@H](O)CCCCCCCCCCCC. The third-order valence-electron chi connectivity index (χ3n) is 11.7. The van der Waals surface area contributed by atoms with Gasteiger partial charge in [0.05, 0.1) is 18.8 Å². The van der Waals surface area contributed by atoms with Gasteiger partial charge in [0.2, 0.25) is 5.91 Å². The minimum absolute atomic E-state index is 0.140. The lowest BCUT2D eigenvalue weighted by atomic mass is 9.99. The van der Waals surface area contributed by atoms with Crippen LogP contribution in [0.3, 0.4) is 0 Å². The minimum atomic E-state index is -1.13. The van der Waals surface area contributed by atoms with Crippen molar-refractivity contribution < 1.29 is 20.1 Å². The monoisotopic (exact) mass is 752 g/mol. The molecule has 3 atom stereocenters. The first-order valence-electron chi connectivity index (χ1n) is 24.3. The number of amides is 1. The summed E-state index contributed by atoms with van der Waals surface area (Å²) in [5.74, 6) is -0.140. The summed E-state index contributed by atoms with van der Waals surface area (Å²) in [7, 11) is 0. The number of aliphatic hydroxyl groups is 3. The standard InChI is InChI=1S/C48H97NO4/c1-3-5-7-9-11-13-15-16-17-18-19-20-21-22-23-24-25-26-27-28-29-30-31-32-33-35-37-39-41-43-47(52)49-45(44-50)48(53)46(51)42-40-38-36-34-14-12-10-8-6-4-2/h45-46,48,50-51,53H,3-44H2,1-2H3,(H,49,52)/t45-,46+,48-/m0/s1. The highest BCUT2D eigenvalue weighted by atomic mass is 16.3. The summed E-state index contributed by atoms with van der Waals surface area (Å²) < 4.78 is 0. The highest BCUT2D eigenvalue weighted by Crippen LogP contribution is 2.18. The lowest BCUT2D eigenvalue weighted by Crippen LogP contribution is -2.50. The summed E-state index contributed by atoms with van der Waals surface area (Å²) in [4.78, 5) is 12.4. The van der Waals surface area contributed by atoms with E-state index in [1.807, 2.05) is 0 Å². The van der Waals surface area contributed by atoms with Crippen molar-refractivity contribution in [3.63, 3.8) is 0 Å². The maximum atomic E-state index is 12.4. The molecular formula is C48H97NO4. The quantitative estimate of drug-likeness (QED) is 0.0466. The zero-order valence-electron chi connectivity index (χ0n) is 36.2. The zero-order valence-corrected chi connectivity index (χ0v) is 36.2. The van der Waals surface area contributed by atoms with Crippen molar-refractivity contribution >= 4 is 5.91 Å². The number of unbranched alkanes of at least 4 members (excludes halogenated alkanes) is 37. The molecule has 0 bridgehead atoms. The van der Waals surface area contributed by atoms with Crippen LogP contribution in [0.2, 0.25) is 0 Å². The molecular weight excluding hydrogens is 655 g/mol. The van der Waals surface area contributed by atoms with Gasteiger partial charge in [0.1, 0.15) is 6.10 Å². The molecule has 0 heterocycles. The molecule has 1 amide bonds. The molecule has 0 aliphatic heterocycles. The van der Waals surface area contributed by atoms with Crippen LogP contribution in [0, 0.1) is 0 Å². The summed E-state index contributed by atoms with van der Waals surface area (Å²) in [6.45, 7) is 4.18. The first-order valence-corrected chi connectivity index (χ1v) is 24.3. The van der Waals surface area contributed by atoms with Crippen molar-refractivity contribution in [2.45, 2.75) is 295 Å². The van der Waals surface area contributed by atoms with Crippen LogP contribution in [0.4, 0.5) is 0 Å². The van der Waals surface area contributed by atoms with Crippen LogP contribution in [0.25, 0.3) is 0 Å². The van der Waals surface area contributed by atoms with Gasteiger partial charge in [-0.05, 0) is 12.8 Å². The Kier molecular flexibility index (Phi) is 43.5. The molecule has 4 N–H and O–H groups in total. The van der Waals surface area contributed by atoms with E-state index >= 15 is 0 Å². The lowest BCUT2D eigenvalue weighted by molar-refractivity contribution is -0.124. The normalized spacial score (nSPS) is 13.4. The topological polar surface area (TPSA) is 89.8 Å². The van der Waals surface area contributed by atoms with Gasteiger partial charge in [0, 0.05) is 6.42 Å². The molecule has 0 rings (SSSR count). The van der Waals surface area contributed by atoms with Gasteiger partial charge < -0.3 is 20.6 Å². The molecule has 0 aromatic rings. The first-order chi connectivity index (χ1) is 26.1. The van der Waals surface area contributed by atoms with Crippen molar-refractivity contribution in [1.29, 1.82) is 0 Å². The Morgan fingerprint density at radius 1 is 0.396 bits per heavy atom. The van der Waals surface area contributed by atoms with Crippen LogP contribution in [0.15, 0.2) is 0 Å². The van der Waals surface area contributed by atoms with Gasteiger partial charge in [-0.15, -0.1) is 0 Å². The number of carbonyl (C=O) groups is 1. The molecule has 318 valence electrons. The Balaban J connectivity index is 3.44. The largest absolute Gasteiger partial charge is 0.394 e. The molecule has 5 nitrogen and oxygen atoms in total. The van der Waals surface area contributed by atoms with Crippen LogP contribution < -0.4 is 5.32 Å².